The first-order valence-corrected chi connectivity index (χ1v) is 10.1. The van der Waals surface area contributed by atoms with Crippen LogP contribution >= 0.6 is 0 Å². The quantitative estimate of drug-likeness (QED) is 0.547. The van der Waals surface area contributed by atoms with Gasteiger partial charge in [-0.2, -0.15) is 0 Å². The highest BCUT2D eigenvalue weighted by atomic mass is 16.4. The van der Waals surface area contributed by atoms with Crippen molar-refractivity contribution in [3.05, 3.63) is 84.7 Å². The molecule has 0 aliphatic rings. The summed E-state index contributed by atoms with van der Waals surface area (Å²) < 4.78 is 0. The smallest absolute Gasteiger partial charge is 0.408 e. The van der Waals surface area contributed by atoms with E-state index in [-0.39, 0.29) is 12.3 Å². The van der Waals surface area contributed by atoms with Gasteiger partial charge in [-0.3, -0.25) is 14.7 Å². The van der Waals surface area contributed by atoms with Crippen LogP contribution in [0.5, 0.6) is 0 Å². The normalized spacial score (nSPS) is 12.1. The minimum absolute atomic E-state index is 0.0136. The van der Waals surface area contributed by atoms with Gasteiger partial charge in [0.25, 0.3) is 0 Å². The first-order chi connectivity index (χ1) is 14.8. The molecule has 0 saturated heterocycles. The minimum Gasteiger partial charge on any atom is -0.465 e. The average Bonchev–Trinajstić information content (AvgIpc) is 2.74. The molecule has 1 heterocycles. The number of pyridine rings is 1. The van der Waals surface area contributed by atoms with Gasteiger partial charge in [0.2, 0.25) is 5.91 Å². The fourth-order valence-electron chi connectivity index (χ4n) is 3.60. The Morgan fingerprint density at radius 2 is 1.52 bits per heavy atom. The van der Waals surface area contributed by atoms with E-state index in [1.54, 1.807) is 12.4 Å². The Balaban J connectivity index is 1.78. The van der Waals surface area contributed by atoms with E-state index in [4.69, 9.17) is 0 Å². The number of hydrogen-bond donors (Lipinski definition) is 2. The molecule has 0 saturated carbocycles. The molecule has 0 fully saturated rings. The molecule has 0 radical (unpaired) electrons. The number of carboxylic acid groups (broad SMARTS) is 1. The van der Waals surface area contributed by atoms with E-state index >= 15 is 0 Å². The van der Waals surface area contributed by atoms with E-state index in [1.165, 1.54) is 4.90 Å². The molecule has 160 valence electrons. The lowest BCUT2D eigenvalue weighted by Crippen LogP contribution is -2.48. The Morgan fingerprint density at radius 1 is 0.935 bits per heavy atom. The Morgan fingerprint density at radius 3 is 2.06 bits per heavy atom. The van der Waals surface area contributed by atoms with E-state index in [1.807, 2.05) is 87.5 Å². The molecule has 2 amide bonds. The summed E-state index contributed by atoms with van der Waals surface area (Å²) in [6, 6.07) is 20.0. The topological polar surface area (TPSA) is 82.5 Å². The number of amides is 2. The lowest BCUT2D eigenvalue weighted by Gasteiger charge is -2.39. The van der Waals surface area contributed by atoms with Crippen molar-refractivity contribution in [2.24, 2.45) is 0 Å². The first-order valence-electron chi connectivity index (χ1n) is 10.1. The van der Waals surface area contributed by atoms with Crippen LogP contribution < -0.4 is 5.32 Å². The summed E-state index contributed by atoms with van der Waals surface area (Å²) in [4.78, 5) is 30.3. The standard InChI is InChI=1S/C25H27N3O3/c1-25(2,3)28(24(30)31)22(20-7-5-4-6-8-20)17-23(29)27-21-11-9-18(10-12-21)19-13-15-26-16-14-19/h4-16,22H,17H2,1-3H3,(H,27,29)(H,30,31)/t22-/m1/s1. The zero-order valence-electron chi connectivity index (χ0n) is 17.9. The largest absolute Gasteiger partial charge is 0.465 e. The number of nitrogens with one attached hydrogen (secondary N) is 1. The molecule has 6 heteroatoms. The van der Waals surface area contributed by atoms with Gasteiger partial charge >= 0.3 is 6.09 Å². The molecule has 1 aromatic heterocycles. The highest BCUT2D eigenvalue weighted by molar-refractivity contribution is 5.91. The summed E-state index contributed by atoms with van der Waals surface area (Å²) in [6.45, 7) is 5.48. The monoisotopic (exact) mass is 417 g/mol. The third-order valence-electron chi connectivity index (χ3n) is 4.99. The maximum absolute atomic E-state index is 12.9. The zero-order chi connectivity index (χ0) is 22.4. The lowest BCUT2D eigenvalue weighted by molar-refractivity contribution is -0.117. The highest BCUT2D eigenvalue weighted by Crippen LogP contribution is 2.31. The SMILES string of the molecule is CC(C)(C)N(C(=O)O)[C@H](CC(=O)Nc1ccc(-c2ccncc2)cc1)c1ccccc1. The van der Waals surface area contributed by atoms with Crippen LogP contribution in [0.15, 0.2) is 79.1 Å². The number of rotatable bonds is 6. The van der Waals surface area contributed by atoms with Gasteiger partial charge in [-0.1, -0.05) is 42.5 Å². The Labute approximate surface area is 182 Å². The number of carbonyl (C=O) groups is 2. The number of hydrogen-bond acceptors (Lipinski definition) is 3. The van der Waals surface area contributed by atoms with Crippen LogP contribution in [0.1, 0.15) is 38.8 Å². The fraction of sp³-hybridized carbons (Fsp3) is 0.240. The van der Waals surface area contributed by atoms with Crippen LogP contribution in [0, 0.1) is 0 Å². The fourth-order valence-corrected chi connectivity index (χ4v) is 3.60. The van der Waals surface area contributed by atoms with E-state index in [9.17, 15) is 14.7 Å². The molecule has 2 aromatic carbocycles. The molecule has 1 atom stereocenters. The lowest BCUT2D eigenvalue weighted by atomic mass is 9.96. The highest BCUT2D eigenvalue weighted by Gasteiger charge is 2.35. The van der Waals surface area contributed by atoms with Gasteiger partial charge in [-0.25, -0.2) is 4.79 Å². The van der Waals surface area contributed by atoms with Crippen LogP contribution in [0.4, 0.5) is 10.5 Å². The van der Waals surface area contributed by atoms with Crippen molar-refractivity contribution in [1.29, 1.82) is 0 Å². The van der Waals surface area contributed by atoms with Crippen molar-refractivity contribution in [1.82, 2.24) is 9.88 Å². The van der Waals surface area contributed by atoms with Crippen molar-refractivity contribution in [2.75, 3.05) is 5.32 Å². The summed E-state index contributed by atoms with van der Waals surface area (Å²) in [5.41, 5.74) is 2.83. The van der Waals surface area contributed by atoms with Crippen LogP contribution in [0.3, 0.4) is 0 Å². The van der Waals surface area contributed by atoms with Crippen molar-refractivity contribution < 1.29 is 14.7 Å². The van der Waals surface area contributed by atoms with E-state index in [0.29, 0.717) is 5.69 Å². The van der Waals surface area contributed by atoms with Gasteiger partial charge in [0.1, 0.15) is 0 Å². The predicted molar refractivity (Wildman–Crippen MR) is 122 cm³/mol. The molecule has 31 heavy (non-hydrogen) atoms. The molecule has 3 aromatic rings. The molecule has 0 aliphatic carbocycles. The van der Waals surface area contributed by atoms with E-state index in [2.05, 4.69) is 10.3 Å². The maximum atomic E-state index is 12.9. The predicted octanol–water partition coefficient (Wildman–Crippen LogP) is 5.60. The van der Waals surface area contributed by atoms with Crippen molar-refractivity contribution in [3.8, 4) is 11.1 Å². The number of benzene rings is 2. The van der Waals surface area contributed by atoms with Crippen LogP contribution in [0.25, 0.3) is 11.1 Å². The van der Waals surface area contributed by atoms with E-state index < -0.39 is 17.7 Å². The van der Waals surface area contributed by atoms with Crippen molar-refractivity contribution in [3.63, 3.8) is 0 Å². The Kier molecular flexibility index (Phi) is 6.70. The first kappa shape index (κ1) is 22.0. The second kappa shape index (κ2) is 9.43. The minimum atomic E-state index is -1.06. The average molecular weight is 418 g/mol. The summed E-state index contributed by atoms with van der Waals surface area (Å²) in [6.07, 6.45) is 2.42. The number of aromatic nitrogens is 1. The van der Waals surface area contributed by atoms with Crippen molar-refractivity contribution >= 4 is 17.7 Å². The molecule has 0 aliphatic heterocycles. The molecule has 0 bridgehead atoms. The van der Waals surface area contributed by atoms with Crippen LogP contribution in [-0.2, 0) is 4.79 Å². The Hall–Kier alpha value is -3.67. The molecule has 0 unspecified atom stereocenters. The van der Waals surface area contributed by atoms with Gasteiger partial charge in [-0.05, 0) is 61.7 Å². The summed E-state index contributed by atoms with van der Waals surface area (Å²) >= 11 is 0. The molecule has 6 nitrogen and oxygen atoms in total. The molecule has 2 N–H and O–H groups in total. The summed E-state index contributed by atoms with van der Waals surface area (Å²) in [5, 5.41) is 12.8. The third-order valence-corrected chi connectivity index (χ3v) is 4.99. The maximum Gasteiger partial charge on any atom is 0.408 e. The number of carbonyl (C=O) groups excluding carboxylic acids is 1. The van der Waals surface area contributed by atoms with Crippen molar-refractivity contribution in [2.45, 2.75) is 38.8 Å². The van der Waals surface area contributed by atoms with E-state index in [0.717, 1.165) is 16.7 Å². The zero-order valence-corrected chi connectivity index (χ0v) is 17.9. The number of anilines is 1. The van der Waals surface area contributed by atoms with Gasteiger partial charge < -0.3 is 10.4 Å². The van der Waals surface area contributed by atoms with Crippen LogP contribution in [-0.4, -0.2) is 32.5 Å². The van der Waals surface area contributed by atoms with Crippen LogP contribution in [0.2, 0.25) is 0 Å². The summed E-state index contributed by atoms with van der Waals surface area (Å²) in [5.74, 6) is -0.249. The van der Waals surface area contributed by atoms with Gasteiger partial charge in [0.15, 0.2) is 0 Å². The second-order valence-corrected chi connectivity index (χ2v) is 8.32. The second-order valence-electron chi connectivity index (χ2n) is 8.32. The molecular formula is C25H27N3O3. The van der Waals surface area contributed by atoms with Gasteiger partial charge in [0, 0.05) is 23.6 Å². The third kappa shape index (κ3) is 5.69. The molecule has 0 spiro atoms. The van der Waals surface area contributed by atoms with Gasteiger partial charge in [0.05, 0.1) is 12.5 Å². The Bertz CT molecular complexity index is 1010. The number of nitrogens with zero attached hydrogens (tertiary/aromatic N) is 2. The summed E-state index contributed by atoms with van der Waals surface area (Å²) in [7, 11) is 0. The molecule has 3 rings (SSSR count). The van der Waals surface area contributed by atoms with Gasteiger partial charge in [-0.15, -0.1) is 0 Å². The molecular weight excluding hydrogens is 390 g/mol.